The summed E-state index contributed by atoms with van der Waals surface area (Å²) in [5, 5.41) is 3.94. The Morgan fingerprint density at radius 2 is 1.69 bits per heavy atom. The molecule has 1 N–H and O–H groups in total. The molecule has 0 saturated heterocycles. The van der Waals surface area contributed by atoms with Crippen LogP contribution in [0.5, 0.6) is 5.75 Å². The van der Waals surface area contributed by atoms with Crippen LogP contribution in [0.1, 0.15) is 50.3 Å². The third-order valence-corrected chi connectivity index (χ3v) is 5.89. The second kappa shape index (κ2) is 12.1. The van der Waals surface area contributed by atoms with Gasteiger partial charge in [-0.25, -0.2) is 0 Å². The number of carbonyl (C=O) groups excluding carboxylic acids is 2. The highest BCUT2D eigenvalue weighted by Crippen LogP contribution is 2.24. The molecule has 5 nitrogen and oxygen atoms in total. The van der Waals surface area contributed by atoms with Crippen LogP contribution in [0.2, 0.25) is 10.0 Å². The zero-order chi connectivity index (χ0) is 23.8. The Labute approximate surface area is 201 Å². The van der Waals surface area contributed by atoms with Gasteiger partial charge in [0.1, 0.15) is 11.8 Å². The number of ether oxygens (including phenoxy) is 1. The van der Waals surface area contributed by atoms with Gasteiger partial charge in [-0.05, 0) is 74.6 Å². The predicted octanol–water partition coefficient (Wildman–Crippen LogP) is 5.71. The van der Waals surface area contributed by atoms with Crippen molar-refractivity contribution in [3.05, 3.63) is 63.1 Å². The molecule has 0 heterocycles. The molecule has 0 aliphatic rings. The Kier molecular flexibility index (Phi) is 9.85. The normalized spacial score (nSPS) is 12.7. The minimum absolute atomic E-state index is 0.0131. The second-order valence-corrected chi connectivity index (χ2v) is 8.96. The molecular weight excluding hydrogens is 447 g/mol. The van der Waals surface area contributed by atoms with Gasteiger partial charge in [-0.2, -0.15) is 0 Å². The molecule has 174 valence electrons. The summed E-state index contributed by atoms with van der Waals surface area (Å²) in [6.45, 7) is 9.77. The fourth-order valence-electron chi connectivity index (χ4n) is 3.44. The van der Waals surface area contributed by atoms with Crippen LogP contribution in [0.3, 0.4) is 0 Å². The van der Waals surface area contributed by atoms with Gasteiger partial charge in [0, 0.05) is 22.6 Å². The first-order valence-electron chi connectivity index (χ1n) is 10.9. The summed E-state index contributed by atoms with van der Waals surface area (Å²) in [7, 11) is 0. The molecule has 2 rings (SSSR count). The Morgan fingerprint density at radius 3 is 2.25 bits per heavy atom. The molecule has 0 fully saturated rings. The van der Waals surface area contributed by atoms with Gasteiger partial charge >= 0.3 is 0 Å². The van der Waals surface area contributed by atoms with E-state index in [1.165, 1.54) is 4.90 Å². The molecule has 32 heavy (non-hydrogen) atoms. The van der Waals surface area contributed by atoms with Crippen LogP contribution in [0.4, 0.5) is 0 Å². The SMILES string of the molecule is CC[C@@H](C)NC(=O)[C@H](CC)N(Cc1ccc(Cl)cc1Cl)C(=O)COc1cc(C)cc(C)c1. The summed E-state index contributed by atoms with van der Waals surface area (Å²) in [6, 6.07) is 10.3. The van der Waals surface area contributed by atoms with E-state index in [0.29, 0.717) is 27.8 Å². The Bertz CT molecular complexity index is 929. The van der Waals surface area contributed by atoms with Crippen molar-refractivity contribution in [2.24, 2.45) is 0 Å². The lowest BCUT2D eigenvalue weighted by atomic mass is 10.1. The van der Waals surface area contributed by atoms with Crippen molar-refractivity contribution in [2.45, 2.75) is 66.1 Å². The van der Waals surface area contributed by atoms with Crippen LogP contribution in [-0.4, -0.2) is 35.4 Å². The maximum absolute atomic E-state index is 13.3. The Morgan fingerprint density at radius 1 is 1.03 bits per heavy atom. The molecule has 0 saturated carbocycles. The van der Waals surface area contributed by atoms with Crippen molar-refractivity contribution < 1.29 is 14.3 Å². The van der Waals surface area contributed by atoms with Crippen LogP contribution < -0.4 is 10.1 Å². The van der Waals surface area contributed by atoms with Crippen LogP contribution >= 0.6 is 23.2 Å². The summed E-state index contributed by atoms with van der Waals surface area (Å²) in [5.41, 5.74) is 2.82. The maximum Gasteiger partial charge on any atom is 0.261 e. The summed E-state index contributed by atoms with van der Waals surface area (Å²) < 4.78 is 5.80. The first kappa shape index (κ1) is 26.0. The Balaban J connectivity index is 2.28. The molecule has 0 aromatic heterocycles. The highest BCUT2D eigenvalue weighted by atomic mass is 35.5. The summed E-state index contributed by atoms with van der Waals surface area (Å²) in [4.78, 5) is 27.8. The lowest BCUT2D eigenvalue weighted by Crippen LogP contribution is -2.51. The lowest BCUT2D eigenvalue weighted by Gasteiger charge is -2.31. The van der Waals surface area contributed by atoms with E-state index in [1.807, 2.05) is 52.8 Å². The van der Waals surface area contributed by atoms with Gasteiger partial charge in [-0.15, -0.1) is 0 Å². The van der Waals surface area contributed by atoms with Crippen molar-refractivity contribution >= 4 is 35.0 Å². The Hall–Kier alpha value is -2.24. The van der Waals surface area contributed by atoms with Gasteiger partial charge in [0.25, 0.3) is 5.91 Å². The molecule has 2 aromatic carbocycles. The monoisotopic (exact) mass is 478 g/mol. The average molecular weight is 479 g/mol. The first-order chi connectivity index (χ1) is 15.1. The lowest BCUT2D eigenvalue weighted by molar-refractivity contribution is -0.143. The molecule has 2 amide bonds. The highest BCUT2D eigenvalue weighted by molar-refractivity contribution is 6.35. The minimum Gasteiger partial charge on any atom is -0.484 e. The molecular formula is C25H32Cl2N2O3. The average Bonchev–Trinajstić information content (AvgIpc) is 2.72. The predicted molar refractivity (Wildman–Crippen MR) is 130 cm³/mol. The van der Waals surface area contributed by atoms with Gasteiger partial charge in [0.15, 0.2) is 6.61 Å². The quantitative estimate of drug-likeness (QED) is 0.475. The summed E-state index contributed by atoms with van der Waals surface area (Å²) in [6.07, 6.45) is 1.26. The number of aryl methyl sites for hydroxylation is 2. The molecule has 0 unspecified atom stereocenters. The standard InChI is InChI=1S/C25H32Cl2N2O3/c1-6-18(5)28-25(31)23(7-2)29(14-19-8-9-20(26)13-22(19)27)24(30)15-32-21-11-16(3)10-17(4)12-21/h8-13,18,23H,6-7,14-15H2,1-5H3,(H,28,31)/t18-,23+/m1/s1. The second-order valence-electron chi connectivity index (χ2n) is 8.11. The van der Waals surface area contributed by atoms with E-state index in [1.54, 1.807) is 18.2 Å². The molecule has 2 atom stereocenters. The maximum atomic E-state index is 13.3. The van der Waals surface area contributed by atoms with Gasteiger partial charge in [-0.3, -0.25) is 9.59 Å². The first-order valence-corrected chi connectivity index (χ1v) is 11.6. The number of halogens is 2. The number of hydrogen-bond donors (Lipinski definition) is 1. The zero-order valence-electron chi connectivity index (χ0n) is 19.4. The fraction of sp³-hybridized carbons (Fsp3) is 0.440. The number of nitrogens with zero attached hydrogens (tertiary/aromatic N) is 1. The van der Waals surface area contributed by atoms with Crippen molar-refractivity contribution in [3.8, 4) is 5.75 Å². The smallest absolute Gasteiger partial charge is 0.261 e. The number of nitrogens with one attached hydrogen (secondary N) is 1. The van der Waals surface area contributed by atoms with Crippen molar-refractivity contribution in [1.82, 2.24) is 10.2 Å². The molecule has 0 aliphatic heterocycles. The van der Waals surface area contributed by atoms with E-state index in [-0.39, 0.29) is 31.0 Å². The number of benzene rings is 2. The molecule has 0 radical (unpaired) electrons. The molecule has 2 aromatic rings. The van der Waals surface area contributed by atoms with Gasteiger partial charge in [0.05, 0.1) is 0 Å². The van der Waals surface area contributed by atoms with E-state index >= 15 is 0 Å². The molecule has 0 bridgehead atoms. The zero-order valence-corrected chi connectivity index (χ0v) is 20.9. The molecule has 0 spiro atoms. The van der Waals surface area contributed by atoms with Gasteiger partial charge in [-0.1, -0.05) is 49.2 Å². The summed E-state index contributed by atoms with van der Waals surface area (Å²) in [5.74, 6) is 0.144. The van der Waals surface area contributed by atoms with E-state index in [2.05, 4.69) is 5.32 Å². The van der Waals surface area contributed by atoms with E-state index in [4.69, 9.17) is 27.9 Å². The van der Waals surface area contributed by atoms with Crippen LogP contribution in [0, 0.1) is 13.8 Å². The third kappa shape index (κ3) is 7.42. The van der Waals surface area contributed by atoms with Gasteiger partial charge in [0.2, 0.25) is 5.91 Å². The van der Waals surface area contributed by atoms with E-state index < -0.39 is 6.04 Å². The van der Waals surface area contributed by atoms with Crippen LogP contribution in [0.25, 0.3) is 0 Å². The minimum atomic E-state index is -0.647. The van der Waals surface area contributed by atoms with Gasteiger partial charge < -0.3 is 15.0 Å². The van der Waals surface area contributed by atoms with Crippen molar-refractivity contribution in [2.75, 3.05) is 6.61 Å². The topological polar surface area (TPSA) is 58.6 Å². The number of carbonyl (C=O) groups is 2. The molecule has 7 heteroatoms. The summed E-state index contributed by atoms with van der Waals surface area (Å²) >= 11 is 12.4. The number of amides is 2. The van der Waals surface area contributed by atoms with Crippen LogP contribution in [-0.2, 0) is 16.1 Å². The largest absolute Gasteiger partial charge is 0.484 e. The third-order valence-electron chi connectivity index (χ3n) is 5.30. The van der Waals surface area contributed by atoms with E-state index in [0.717, 1.165) is 17.5 Å². The van der Waals surface area contributed by atoms with Crippen molar-refractivity contribution in [1.29, 1.82) is 0 Å². The number of hydrogen-bond acceptors (Lipinski definition) is 3. The van der Waals surface area contributed by atoms with E-state index in [9.17, 15) is 9.59 Å². The van der Waals surface area contributed by atoms with Crippen LogP contribution in [0.15, 0.2) is 36.4 Å². The fourth-order valence-corrected chi connectivity index (χ4v) is 3.91. The van der Waals surface area contributed by atoms with Crippen molar-refractivity contribution in [3.63, 3.8) is 0 Å². The number of rotatable bonds is 10. The highest BCUT2D eigenvalue weighted by Gasteiger charge is 2.30. The molecule has 0 aliphatic carbocycles.